The molecule has 210 valence electrons. The topological polar surface area (TPSA) is 224 Å². The predicted octanol–water partition coefficient (Wildman–Crippen LogP) is -1.68. The number of carbonyl (C=O) groups excluding carboxylic acids is 4. The number of nitrogens with one attached hydrogen (secondary N) is 2. The zero-order valence-electron chi connectivity index (χ0n) is 21.2. The van der Waals surface area contributed by atoms with Gasteiger partial charge in [-0.25, -0.2) is 13.6 Å². The number of primary amides is 1. The Labute approximate surface area is 220 Å². The molecule has 1 saturated heterocycles. The molecule has 0 aromatic heterocycles. The second kappa shape index (κ2) is 13.8. The molecular weight excluding hydrogens is 520 g/mol. The van der Waals surface area contributed by atoms with Crippen molar-refractivity contribution in [3.05, 3.63) is 29.8 Å². The number of carbonyl (C=O) groups is 4. The van der Waals surface area contributed by atoms with Gasteiger partial charge in [0.2, 0.25) is 27.7 Å². The van der Waals surface area contributed by atoms with Crippen molar-refractivity contribution >= 4 is 39.9 Å². The van der Waals surface area contributed by atoms with Crippen LogP contribution in [0, 0.1) is 5.92 Å². The quantitative estimate of drug-likeness (QED) is 0.139. The molecule has 0 radical (unpaired) electrons. The first-order valence-electron chi connectivity index (χ1n) is 11.9. The lowest BCUT2D eigenvalue weighted by Crippen LogP contribution is -2.57. The summed E-state index contributed by atoms with van der Waals surface area (Å²) in [6.45, 7) is 3.22. The number of hydrogen-bond acceptors (Lipinski definition) is 9. The molecule has 0 aliphatic carbocycles. The van der Waals surface area contributed by atoms with E-state index in [0.717, 1.165) is 6.21 Å². The van der Waals surface area contributed by atoms with Gasteiger partial charge in [0.25, 0.3) is 5.91 Å². The van der Waals surface area contributed by atoms with Crippen LogP contribution in [0.4, 0.5) is 0 Å². The third-order valence-electron chi connectivity index (χ3n) is 5.73. The Morgan fingerprint density at radius 1 is 1.18 bits per heavy atom. The van der Waals surface area contributed by atoms with Crippen LogP contribution in [-0.4, -0.2) is 79.5 Å². The summed E-state index contributed by atoms with van der Waals surface area (Å²) in [5.41, 5.74) is 5.96. The average Bonchev–Trinajstić information content (AvgIpc) is 3.34. The van der Waals surface area contributed by atoms with Crippen molar-refractivity contribution in [1.82, 2.24) is 15.5 Å². The summed E-state index contributed by atoms with van der Waals surface area (Å²) in [5, 5.41) is 23.0. The second-order valence-corrected chi connectivity index (χ2v) is 10.8. The summed E-state index contributed by atoms with van der Waals surface area (Å²) < 4.78 is 22.5. The van der Waals surface area contributed by atoms with Crippen molar-refractivity contribution in [2.75, 3.05) is 13.2 Å². The van der Waals surface area contributed by atoms with Gasteiger partial charge in [-0.05, 0) is 42.9 Å². The van der Waals surface area contributed by atoms with Crippen molar-refractivity contribution in [2.45, 2.75) is 62.7 Å². The second-order valence-electron chi connectivity index (χ2n) is 9.22. The molecule has 15 heteroatoms. The van der Waals surface area contributed by atoms with Gasteiger partial charge in [-0.2, -0.15) is 0 Å². The van der Waals surface area contributed by atoms with Gasteiger partial charge in [0.15, 0.2) is 0 Å². The van der Waals surface area contributed by atoms with Crippen molar-refractivity contribution in [1.29, 1.82) is 0 Å². The molecule has 1 heterocycles. The number of sulfonamides is 1. The summed E-state index contributed by atoms with van der Waals surface area (Å²) in [6, 6.07) is 2.41. The molecule has 0 saturated carbocycles. The van der Waals surface area contributed by atoms with E-state index in [1.807, 2.05) is 13.8 Å². The molecule has 3 atom stereocenters. The molecular formula is C23H34N6O8S. The van der Waals surface area contributed by atoms with Crippen molar-refractivity contribution < 1.29 is 37.5 Å². The highest BCUT2D eigenvalue weighted by Gasteiger charge is 2.37. The first kappa shape index (κ1) is 30.7. The SMILES string of the molecule is CC(C)C[C@H](NC(=O)[C@H](CO)NC(=O)/C=N/OCc1ccc(S(N)(=O)=O)cc1)C(=O)N1CCC[C@@H]1C(N)=O. The number of nitrogens with zero attached hydrogens (tertiary/aromatic N) is 2. The van der Waals surface area contributed by atoms with Crippen LogP contribution in [0.2, 0.25) is 0 Å². The van der Waals surface area contributed by atoms with E-state index in [1.165, 1.54) is 29.2 Å². The number of nitrogens with two attached hydrogens (primary N) is 2. The Balaban J connectivity index is 1.93. The molecule has 1 aromatic carbocycles. The summed E-state index contributed by atoms with van der Waals surface area (Å²) >= 11 is 0. The molecule has 1 aliphatic heterocycles. The minimum absolute atomic E-state index is 0.0150. The highest BCUT2D eigenvalue weighted by molar-refractivity contribution is 7.89. The maximum Gasteiger partial charge on any atom is 0.266 e. The van der Waals surface area contributed by atoms with Gasteiger partial charge < -0.3 is 31.2 Å². The van der Waals surface area contributed by atoms with Gasteiger partial charge in [0.05, 0.1) is 11.5 Å². The average molecular weight is 555 g/mol. The zero-order valence-corrected chi connectivity index (χ0v) is 22.0. The van der Waals surface area contributed by atoms with E-state index >= 15 is 0 Å². The summed E-state index contributed by atoms with van der Waals surface area (Å²) in [4.78, 5) is 56.0. The largest absolute Gasteiger partial charge is 0.394 e. The van der Waals surface area contributed by atoms with E-state index in [4.69, 9.17) is 15.7 Å². The lowest BCUT2D eigenvalue weighted by atomic mass is 10.0. The van der Waals surface area contributed by atoms with Crippen molar-refractivity contribution in [3.8, 4) is 0 Å². The smallest absolute Gasteiger partial charge is 0.266 e. The monoisotopic (exact) mass is 554 g/mol. The summed E-state index contributed by atoms with van der Waals surface area (Å²) in [6.07, 6.45) is 2.08. The molecule has 2 rings (SSSR count). The van der Waals surface area contributed by atoms with Gasteiger partial charge in [-0.1, -0.05) is 31.1 Å². The van der Waals surface area contributed by atoms with E-state index in [9.17, 15) is 32.7 Å². The van der Waals surface area contributed by atoms with E-state index in [-0.39, 0.29) is 23.8 Å². The molecule has 38 heavy (non-hydrogen) atoms. The Hall–Kier alpha value is -3.56. The van der Waals surface area contributed by atoms with Gasteiger partial charge in [0, 0.05) is 6.54 Å². The van der Waals surface area contributed by atoms with E-state index in [1.54, 1.807) is 0 Å². The highest BCUT2D eigenvalue weighted by atomic mass is 32.2. The number of primary sulfonamides is 1. The molecule has 14 nitrogen and oxygen atoms in total. The normalized spacial score (nSPS) is 17.3. The van der Waals surface area contributed by atoms with Crippen LogP contribution >= 0.6 is 0 Å². The number of aliphatic hydroxyl groups is 1. The molecule has 4 amide bonds. The number of aliphatic hydroxyl groups excluding tert-OH is 1. The Morgan fingerprint density at radius 2 is 1.84 bits per heavy atom. The standard InChI is InChI=1S/C23H34N6O8S/c1-14(2)10-17(23(34)29-9-3-4-19(29)21(24)32)28-22(33)18(12-30)27-20(31)11-26-37-13-15-5-7-16(8-6-15)38(25,35)36/h5-8,11,14,17-19,30H,3-4,9-10,12-13H2,1-2H3,(H2,24,32)(H,27,31)(H,28,33)(H2,25,35,36)/b26-11+/t17-,18-,19+/m0/s1. The minimum Gasteiger partial charge on any atom is -0.394 e. The molecule has 0 unspecified atom stereocenters. The van der Waals surface area contributed by atoms with Crippen LogP contribution in [0.15, 0.2) is 34.3 Å². The van der Waals surface area contributed by atoms with E-state index in [2.05, 4.69) is 15.8 Å². The third-order valence-corrected chi connectivity index (χ3v) is 6.66. The Kier molecular flexibility index (Phi) is 11.2. The van der Waals surface area contributed by atoms with Crippen LogP contribution in [-0.2, 0) is 40.6 Å². The molecule has 7 N–H and O–H groups in total. The number of benzene rings is 1. The first-order chi connectivity index (χ1) is 17.8. The van der Waals surface area contributed by atoms with Crippen LogP contribution in [0.5, 0.6) is 0 Å². The number of rotatable bonds is 13. The lowest BCUT2D eigenvalue weighted by molar-refractivity contribution is -0.141. The number of amides is 4. The molecule has 1 aliphatic rings. The van der Waals surface area contributed by atoms with Crippen LogP contribution < -0.4 is 21.5 Å². The van der Waals surface area contributed by atoms with E-state index in [0.29, 0.717) is 24.9 Å². The van der Waals surface area contributed by atoms with Crippen LogP contribution in [0.1, 0.15) is 38.7 Å². The Bertz CT molecular complexity index is 1140. The van der Waals surface area contributed by atoms with Gasteiger partial charge in [-0.15, -0.1) is 0 Å². The van der Waals surface area contributed by atoms with Gasteiger partial charge in [0.1, 0.15) is 30.9 Å². The lowest BCUT2D eigenvalue weighted by Gasteiger charge is -2.29. The molecule has 0 bridgehead atoms. The predicted molar refractivity (Wildman–Crippen MR) is 135 cm³/mol. The zero-order chi connectivity index (χ0) is 28.5. The molecule has 0 spiro atoms. The Morgan fingerprint density at radius 3 is 2.39 bits per heavy atom. The van der Waals surface area contributed by atoms with Gasteiger partial charge >= 0.3 is 0 Å². The highest BCUT2D eigenvalue weighted by Crippen LogP contribution is 2.20. The summed E-state index contributed by atoms with van der Waals surface area (Å²) in [7, 11) is -3.82. The third kappa shape index (κ3) is 9.08. The van der Waals surface area contributed by atoms with Crippen LogP contribution in [0.25, 0.3) is 0 Å². The van der Waals surface area contributed by atoms with Gasteiger partial charge in [-0.3, -0.25) is 19.2 Å². The fraction of sp³-hybridized carbons (Fsp3) is 0.522. The number of hydrogen-bond donors (Lipinski definition) is 5. The number of likely N-dealkylation sites (tertiary alicyclic amines) is 1. The fourth-order valence-electron chi connectivity index (χ4n) is 3.87. The van der Waals surface area contributed by atoms with Crippen molar-refractivity contribution in [3.63, 3.8) is 0 Å². The van der Waals surface area contributed by atoms with E-state index < -0.39 is 58.4 Å². The summed E-state index contributed by atoms with van der Waals surface area (Å²) in [5.74, 6) is -2.69. The molecule has 1 aromatic rings. The minimum atomic E-state index is -3.82. The van der Waals surface area contributed by atoms with Crippen LogP contribution in [0.3, 0.4) is 0 Å². The number of oxime groups is 1. The maximum atomic E-state index is 13.1. The maximum absolute atomic E-state index is 13.1. The first-order valence-corrected chi connectivity index (χ1v) is 13.5. The van der Waals surface area contributed by atoms with Crippen molar-refractivity contribution in [2.24, 2.45) is 21.9 Å². The fourth-order valence-corrected chi connectivity index (χ4v) is 4.38. The molecule has 1 fully saturated rings.